The van der Waals surface area contributed by atoms with E-state index in [-0.39, 0.29) is 16.9 Å². The van der Waals surface area contributed by atoms with Crippen LogP contribution in [0, 0.1) is 5.82 Å². The lowest BCUT2D eigenvalue weighted by Gasteiger charge is -2.29. The Balaban J connectivity index is 1.90. The lowest BCUT2D eigenvalue weighted by atomic mass is 9.96. The van der Waals surface area contributed by atoms with E-state index >= 15 is 0 Å². The molecule has 4 rings (SSSR count). The van der Waals surface area contributed by atoms with Crippen molar-refractivity contribution >= 4 is 33.1 Å². The zero-order valence-electron chi connectivity index (χ0n) is 15.6. The third-order valence-electron chi connectivity index (χ3n) is 5.57. The summed E-state index contributed by atoms with van der Waals surface area (Å²) >= 11 is 5.97. The molecule has 0 radical (unpaired) electrons. The number of halogens is 2. The quantitative estimate of drug-likeness (QED) is 0.730. The third kappa shape index (κ3) is 3.65. The van der Waals surface area contributed by atoms with E-state index in [2.05, 4.69) is 0 Å². The molecule has 2 aliphatic rings. The van der Waals surface area contributed by atoms with Crippen molar-refractivity contribution in [3.8, 4) is 0 Å². The summed E-state index contributed by atoms with van der Waals surface area (Å²) in [6.07, 6.45) is 3.47. The van der Waals surface area contributed by atoms with Gasteiger partial charge in [0.1, 0.15) is 5.82 Å². The molecule has 0 saturated heterocycles. The van der Waals surface area contributed by atoms with Gasteiger partial charge in [-0.1, -0.05) is 23.7 Å². The van der Waals surface area contributed by atoms with Crippen molar-refractivity contribution in [3.05, 3.63) is 70.0 Å². The second-order valence-corrected chi connectivity index (χ2v) is 9.94. The van der Waals surface area contributed by atoms with Crippen molar-refractivity contribution in [1.82, 2.24) is 0 Å². The molecular formula is C21H19ClFNO4S. The molecule has 0 amide bonds. The highest BCUT2D eigenvalue weighted by Gasteiger charge is 2.46. The molecule has 2 aromatic rings. The predicted octanol–water partition coefficient (Wildman–Crippen LogP) is 4.16. The monoisotopic (exact) mass is 435 g/mol. The van der Waals surface area contributed by atoms with Gasteiger partial charge in [0.2, 0.25) is 0 Å². The van der Waals surface area contributed by atoms with Crippen LogP contribution in [0.2, 0.25) is 5.02 Å². The Morgan fingerprint density at radius 1 is 1.31 bits per heavy atom. The van der Waals surface area contributed by atoms with Crippen LogP contribution in [0.15, 0.2) is 52.9 Å². The fourth-order valence-electron chi connectivity index (χ4n) is 4.52. The third-order valence-corrected chi connectivity index (χ3v) is 6.93. The van der Waals surface area contributed by atoms with Crippen molar-refractivity contribution in [2.24, 2.45) is 0 Å². The lowest BCUT2D eigenvalue weighted by molar-refractivity contribution is -0.131. The first-order valence-corrected chi connectivity index (χ1v) is 11.4. The molecule has 1 heterocycles. The Morgan fingerprint density at radius 2 is 2.00 bits per heavy atom. The molecular weight excluding hydrogens is 417 g/mol. The van der Waals surface area contributed by atoms with Gasteiger partial charge in [-0.3, -0.25) is 0 Å². The van der Waals surface area contributed by atoms with Crippen LogP contribution in [0.5, 0.6) is 0 Å². The minimum absolute atomic E-state index is 0.0643. The average molecular weight is 436 g/mol. The van der Waals surface area contributed by atoms with Gasteiger partial charge in [-0.2, -0.15) is 0 Å². The fourth-order valence-corrected chi connectivity index (χ4v) is 5.55. The maximum absolute atomic E-state index is 14.3. The summed E-state index contributed by atoms with van der Waals surface area (Å²) in [6.45, 7) is 0.358. The molecule has 0 spiro atoms. The molecule has 0 aromatic heterocycles. The first-order chi connectivity index (χ1) is 13.6. The summed E-state index contributed by atoms with van der Waals surface area (Å²) in [6, 6.07) is 9.28. The van der Waals surface area contributed by atoms with Crippen molar-refractivity contribution in [2.75, 3.05) is 11.2 Å². The average Bonchev–Trinajstić information content (AvgIpc) is 3.15. The fraction of sp³-hybridized carbons (Fsp3) is 0.286. The Labute approximate surface area is 173 Å². The smallest absolute Gasteiger partial charge is 0.328 e. The topological polar surface area (TPSA) is 74.7 Å². The van der Waals surface area contributed by atoms with Crippen molar-refractivity contribution in [2.45, 2.75) is 36.2 Å². The van der Waals surface area contributed by atoms with Gasteiger partial charge in [0.05, 0.1) is 16.6 Å². The van der Waals surface area contributed by atoms with Gasteiger partial charge in [0.15, 0.2) is 9.84 Å². The number of carboxylic acid groups (broad SMARTS) is 1. The number of hydrogen-bond acceptors (Lipinski definition) is 4. The minimum atomic E-state index is -3.69. The van der Waals surface area contributed by atoms with E-state index in [0.717, 1.165) is 17.9 Å². The number of rotatable bonds is 4. The summed E-state index contributed by atoms with van der Waals surface area (Å²) in [5, 5.41) is 9.86. The SMILES string of the molecule is CS(=O)(=O)c1cc(F)cc2c1N(Cc1ccc(Cl)cc1)C1/C(=C/C(=O)O)CCC21. The highest BCUT2D eigenvalue weighted by Crippen LogP contribution is 2.54. The maximum Gasteiger partial charge on any atom is 0.328 e. The Hall–Kier alpha value is -2.38. The molecule has 2 atom stereocenters. The number of nitrogens with zero attached hydrogens (tertiary/aromatic N) is 1. The summed E-state index contributed by atoms with van der Waals surface area (Å²) < 4.78 is 39.2. The second kappa shape index (κ2) is 7.15. The molecule has 1 saturated carbocycles. The van der Waals surface area contributed by atoms with Gasteiger partial charge < -0.3 is 10.0 Å². The summed E-state index contributed by atoms with van der Waals surface area (Å²) in [5.74, 6) is -1.80. The van der Waals surface area contributed by atoms with Gasteiger partial charge in [0, 0.05) is 29.8 Å². The molecule has 5 nitrogen and oxygen atoms in total. The number of carbonyl (C=O) groups is 1. The molecule has 1 fully saturated rings. The van der Waals surface area contributed by atoms with E-state index in [0.29, 0.717) is 41.2 Å². The molecule has 1 aliphatic carbocycles. The Morgan fingerprint density at radius 3 is 2.62 bits per heavy atom. The summed E-state index contributed by atoms with van der Waals surface area (Å²) in [7, 11) is -3.69. The van der Waals surface area contributed by atoms with Crippen molar-refractivity contribution in [3.63, 3.8) is 0 Å². The zero-order valence-corrected chi connectivity index (χ0v) is 17.2. The number of aliphatic carboxylic acids is 1. The summed E-state index contributed by atoms with van der Waals surface area (Å²) in [5.41, 5.74) is 2.70. The van der Waals surface area contributed by atoms with Gasteiger partial charge >= 0.3 is 5.97 Å². The van der Waals surface area contributed by atoms with Crippen LogP contribution >= 0.6 is 11.6 Å². The lowest BCUT2D eigenvalue weighted by Crippen LogP contribution is -2.33. The van der Waals surface area contributed by atoms with Gasteiger partial charge in [-0.15, -0.1) is 0 Å². The van der Waals surface area contributed by atoms with Crippen LogP contribution in [-0.2, 0) is 21.2 Å². The van der Waals surface area contributed by atoms with Crippen molar-refractivity contribution < 1.29 is 22.7 Å². The minimum Gasteiger partial charge on any atom is -0.478 e. The number of carboxylic acids is 1. The van der Waals surface area contributed by atoms with E-state index in [9.17, 15) is 22.7 Å². The molecule has 29 heavy (non-hydrogen) atoms. The molecule has 152 valence electrons. The largest absolute Gasteiger partial charge is 0.478 e. The maximum atomic E-state index is 14.3. The number of benzene rings is 2. The number of sulfone groups is 1. The molecule has 1 aliphatic heterocycles. The van der Waals surface area contributed by atoms with Gasteiger partial charge in [-0.05, 0) is 53.8 Å². The standard InChI is InChI=1S/C21H19ClFNO4S/c1-29(27,28)18-10-15(23)9-17-16-7-4-13(8-19(25)26)20(16)24(21(17)18)11-12-2-5-14(22)6-3-12/h2-3,5-6,8-10,16,20H,4,7,11H2,1H3,(H,25,26)/b13-8+. The highest BCUT2D eigenvalue weighted by atomic mass is 35.5. The summed E-state index contributed by atoms with van der Waals surface area (Å²) in [4.78, 5) is 13.2. The molecule has 2 unspecified atom stereocenters. The predicted molar refractivity (Wildman–Crippen MR) is 109 cm³/mol. The van der Waals surface area contributed by atoms with Gasteiger partial charge in [-0.25, -0.2) is 17.6 Å². The molecule has 0 bridgehead atoms. The van der Waals surface area contributed by atoms with Crippen LogP contribution < -0.4 is 4.90 Å². The van der Waals surface area contributed by atoms with Crippen LogP contribution in [-0.4, -0.2) is 31.8 Å². The van der Waals surface area contributed by atoms with E-state index < -0.39 is 21.6 Å². The van der Waals surface area contributed by atoms with E-state index in [1.807, 2.05) is 17.0 Å². The normalized spacial score (nSPS) is 22.0. The van der Waals surface area contributed by atoms with Crippen LogP contribution in [0.25, 0.3) is 0 Å². The molecule has 1 N–H and O–H groups in total. The Bertz CT molecular complexity index is 1130. The van der Waals surface area contributed by atoms with Crippen LogP contribution in [0.1, 0.15) is 29.9 Å². The molecule has 8 heteroatoms. The number of anilines is 1. The van der Waals surface area contributed by atoms with Crippen molar-refractivity contribution in [1.29, 1.82) is 0 Å². The van der Waals surface area contributed by atoms with E-state index in [4.69, 9.17) is 11.6 Å². The van der Waals surface area contributed by atoms with Gasteiger partial charge in [0.25, 0.3) is 0 Å². The van der Waals surface area contributed by atoms with Crippen LogP contribution in [0.4, 0.5) is 10.1 Å². The number of fused-ring (bicyclic) bond motifs is 3. The highest BCUT2D eigenvalue weighted by molar-refractivity contribution is 7.90. The van der Waals surface area contributed by atoms with Crippen LogP contribution in [0.3, 0.4) is 0 Å². The van der Waals surface area contributed by atoms with E-state index in [1.54, 1.807) is 12.1 Å². The first kappa shape index (κ1) is 19.9. The van der Waals surface area contributed by atoms with E-state index in [1.165, 1.54) is 12.1 Å². The molecule has 2 aromatic carbocycles. The second-order valence-electron chi connectivity index (χ2n) is 7.52. The Kier molecular flexibility index (Phi) is 4.91. The zero-order chi connectivity index (χ0) is 20.9. The number of hydrogen-bond donors (Lipinski definition) is 1. The first-order valence-electron chi connectivity index (χ1n) is 9.13.